The van der Waals surface area contributed by atoms with Crippen LogP contribution in [0.25, 0.3) is 0 Å². The summed E-state index contributed by atoms with van der Waals surface area (Å²) in [6, 6.07) is 10.6. The first-order chi connectivity index (χ1) is 11.3. The molecule has 0 spiro atoms. The average Bonchev–Trinajstić information content (AvgIpc) is 2.53. The molecule has 0 radical (unpaired) electrons. The van der Waals surface area contributed by atoms with Crippen LogP contribution >= 0.6 is 11.6 Å². The molecular weight excluding hydrogens is 355 g/mol. The van der Waals surface area contributed by atoms with Crippen LogP contribution in [0.5, 0.6) is 0 Å². The molecule has 5 nitrogen and oxygen atoms in total. The average molecular weight is 371 g/mol. The second-order valence-electron chi connectivity index (χ2n) is 5.11. The van der Waals surface area contributed by atoms with Crippen LogP contribution in [0, 0.1) is 5.82 Å². The van der Waals surface area contributed by atoms with Gasteiger partial charge in [-0.2, -0.15) is 4.72 Å². The van der Waals surface area contributed by atoms with E-state index in [1.807, 2.05) is 0 Å². The fourth-order valence-electron chi connectivity index (χ4n) is 1.95. The Labute approximate surface area is 144 Å². The minimum Gasteiger partial charge on any atom is -0.351 e. The lowest BCUT2D eigenvalue weighted by atomic mass is 10.2. The highest BCUT2D eigenvalue weighted by molar-refractivity contribution is 7.89. The van der Waals surface area contributed by atoms with Crippen molar-refractivity contribution in [3.63, 3.8) is 0 Å². The van der Waals surface area contributed by atoms with Crippen LogP contribution in [-0.2, 0) is 21.4 Å². The highest BCUT2D eigenvalue weighted by atomic mass is 35.5. The SMILES string of the molecule is C[C@H](NS(=O)(=O)c1ccc(Cl)cc1)C(=O)NCc1ccccc1F. The number of hydrogen-bond donors (Lipinski definition) is 2. The van der Waals surface area contributed by atoms with E-state index < -0.39 is 27.8 Å². The molecule has 0 fully saturated rings. The highest BCUT2D eigenvalue weighted by Gasteiger charge is 2.22. The van der Waals surface area contributed by atoms with Gasteiger partial charge in [0.1, 0.15) is 5.82 Å². The van der Waals surface area contributed by atoms with E-state index in [2.05, 4.69) is 10.0 Å². The predicted octanol–water partition coefficient (Wildman–Crippen LogP) is 2.46. The van der Waals surface area contributed by atoms with Crippen LogP contribution in [0.3, 0.4) is 0 Å². The van der Waals surface area contributed by atoms with E-state index in [1.54, 1.807) is 12.1 Å². The molecule has 0 aliphatic heterocycles. The lowest BCUT2D eigenvalue weighted by Gasteiger charge is -2.14. The molecule has 128 valence electrons. The Bertz CT molecular complexity index is 825. The molecule has 0 bridgehead atoms. The van der Waals surface area contributed by atoms with E-state index in [4.69, 9.17) is 11.6 Å². The smallest absolute Gasteiger partial charge is 0.241 e. The third kappa shape index (κ3) is 4.77. The van der Waals surface area contributed by atoms with E-state index in [0.29, 0.717) is 10.6 Å². The number of carbonyl (C=O) groups is 1. The van der Waals surface area contributed by atoms with E-state index in [0.717, 1.165) is 0 Å². The molecule has 8 heteroatoms. The van der Waals surface area contributed by atoms with E-state index in [-0.39, 0.29) is 11.4 Å². The highest BCUT2D eigenvalue weighted by Crippen LogP contribution is 2.14. The standard InChI is InChI=1S/C16H16ClFN2O3S/c1-11(16(21)19-10-12-4-2-3-5-15(12)18)20-24(22,23)14-8-6-13(17)7-9-14/h2-9,11,20H,10H2,1H3,(H,19,21)/t11-/m0/s1. The first kappa shape index (κ1) is 18.4. The minimum atomic E-state index is -3.86. The zero-order valence-electron chi connectivity index (χ0n) is 12.8. The first-order valence-corrected chi connectivity index (χ1v) is 8.95. The Kier molecular flexibility index (Phi) is 5.93. The fourth-order valence-corrected chi connectivity index (χ4v) is 3.27. The van der Waals surface area contributed by atoms with E-state index in [1.165, 1.54) is 43.3 Å². The molecule has 0 saturated heterocycles. The number of carbonyl (C=O) groups excluding carboxylic acids is 1. The maximum absolute atomic E-state index is 13.5. The number of hydrogen-bond acceptors (Lipinski definition) is 3. The summed E-state index contributed by atoms with van der Waals surface area (Å²) in [6.07, 6.45) is 0. The van der Waals surface area contributed by atoms with Crippen LogP contribution < -0.4 is 10.0 Å². The van der Waals surface area contributed by atoms with Gasteiger partial charge in [0.05, 0.1) is 10.9 Å². The zero-order valence-corrected chi connectivity index (χ0v) is 14.4. The van der Waals surface area contributed by atoms with E-state index >= 15 is 0 Å². The molecule has 0 heterocycles. The number of halogens is 2. The van der Waals surface area contributed by atoms with Crippen molar-refractivity contribution in [1.29, 1.82) is 0 Å². The molecule has 1 amide bonds. The molecule has 0 unspecified atom stereocenters. The number of rotatable bonds is 6. The van der Waals surface area contributed by atoms with Crippen LogP contribution in [0.4, 0.5) is 4.39 Å². The van der Waals surface area contributed by atoms with Gasteiger partial charge in [-0.3, -0.25) is 4.79 Å². The quantitative estimate of drug-likeness (QED) is 0.820. The summed E-state index contributed by atoms with van der Waals surface area (Å²) in [6.45, 7) is 1.38. The van der Waals surface area contributed by atoms with Gasteiger partial charge in [-0.1, -0.05) is 29.8 Å². The van der Waals surface area contributed by atoms with Crippen molar-refractivity contribution in [2.45, 2.75) is 24.4 Å². The van der Waals surface area contributed by atoms with Gasteiger partial charge in [-0.15, -0.1) is 0 Å². The molecule has 2 N–H and O–H groups in total. The van der Waals surface area contributed by atoms with Gasteiger partial charge in [-0.05, 0) is 37.3 Å². The van der Waals surface area contributed by atoms with Crippen molar-refractivity contribution in [3.8, 4) is 0 Å². The molecule has 2 aromatic carbocycles. The summed E-state index contributed by atoms with van der Waals surface area (Å²) >= 11 is 5.72. The lowest BCUT2D eigenvalue weighted by Crippen LogP contribution is -2.44. The van der Waals surface area contributed by atoms with Gasteiger partial charge in [0.15, 0.2) is 0 Å². The second-order valence-corrected chi connectivity index (χ2v) is 7.26. The normalized spacial score (nSPS) is 12.6. The molecule has 1 atom stereocenters. The summed E-state index contributed by atoms with van der Waals surface area (Å²) in [4.78, 5) is 12.0. The minimum absolute atomic E-state index is 0.000605. The fraction of sp³-hybridized carbons (Fsp3) is 0.188. The van der Waals surface area contributed by atoms with Crippen LogP contribution in [-0.4, -0.2) is 20.4 Å². The topological polar surface area (TPSA) is 75.3 Å². The summed E-state index contributed by atoms with van der Waals surface area (Å²) in [5.41, 5.74) is 0.318. The van der Waals surface area contributed by atoms with Gasteiger partial charge < -0.3 is 5.32 Å². The Morgan fingerprint density at radius 1 is 1.17 bits per heavy atom. The largest absolute Gasteiger partial charge is 0.351 e. The van der Waals surface area contributed by atoms with Gasteiger partial charge in [0.2, 0.25) is 15.9 Å². The first-order valence-electron chi connectivity index (χ1n) is 7.08. The molecule has 2 aromatic rings. The van der Waals surface area contributed by atoms with Crippen LogP contribution in [0.1, 0.15) is 12.5 Å². The van der Waals surface area contributed by atoms with Crippen molar-refractivity contribution in [2.75, 3.05) is 0 Å². The van der Waals surface area contributed by atoms with Crippen LogP contribution in [0.2, 0.25) is 5.02 Å². The lowest BCUT2D eigenvalue weighted by molar-refractivity contribution is -0.122. The van der Waals surface area contributed by atoms with Crippen molar-refractivity contribution in [2.24, 2.45) is 0 Å². The summed E-state index contributed by atoms with van der Waals surface area (Å²) in [5.74, 6) is -0.997. The predicted molar refractivity (Wildman–Crippen MR) is 89.5 cm³/mol. The Balaban J connectivity index is 1.98. The Hall–Kier alpha value is -1.96. The van der Waals surface area contributed by atoms with Crippen molar-refractivity contribution >= 4 is 27.5 Å². The number of sulfonamides is 1. The third-order valence-corrected chi connectivity index (χ3v) is 5.07. The maximum atomic E-state index is 13.5. The molecular formula is C16H16ClFN2O3S. The second kappa shape index (κ2) is 7.74. The summed E-state index contributed by atoms with van der Waals surface area (Å²) in [7, 11) is -3.86. The molecule has 0 aliphatic carbocycles. The zero-order chi connectivity index (χ0) is 17.7. The maximum Gasteiger partial charge on any atom is 0.241 e. The van der Waals surface area contributed by atoms with Crippen molar-refractivity contribution in [3.05, 3.63) is 64.9 Å². The van der Waals surface area contributed by atoms with Crippen molar-refractivity contribution < 1.29 is 17.6 Å². The Morgan fingerprint density at radius 2 is 1.79 bits per heavy atom. The third-order valence-electron chi connectivity index (χ3n) is 3.26. The van der Waals surface area contributed by atoms with Crippen LogP contribution in [0.15, 0.2) is 53.4 Å². The van der Waals surface area contributed by atoms with Gasteiger partial charge in [0.25, 0.3) is 0 Å². The molecule has 0 aliphatic rings. The molecule has 0 aromatic heterocycles. The molecule has 24 heavy (non-hydrogen) atoms. The number of nitrogens with one attached hydrogen (secondary N) is 2. The Morgan fingerprint density at radius 3 is 2.42 bits per heavy atom. The molecule has 2 rings (SSSR count). The molecule has 0 saturated carbocycles. The number of amides is 1. The van der Waals surface area contributed by atoms with E-state index in [9.17, 15) is 17.6 Å². The summed E-state index contributed by atoms with van der Waals surface area (Å²) in [5, 5.41) is 2.90. The summed E-state index contributed by atoms with van der Waals surface area (Å²) < 4.78 is 40.1. The number of benzene rings is 2. The van der Waals surface area contributed by atoms with Gasteiger partial charge in [-0.25, -0.2) is 12.8 Å². The van der Waals surface area contributed by atoms with Gasteiger partial charge in [0, 0.05) is 17.1 Å². The monoisotopic (exact) mass is 370 g/mol. The van der Waals surface area contributed by atoms with Crippen molar-refractivity contribution in [1.82, 2.24) is 10.0 Å². The van der Waals surface area contributed by atoms with Gasteiger partial charge >= 0.3 is 0 Å².